The molecule has 0 aromatic heterocycles. The lowest BCUT2D eigenvalue weighted by Crippen LogP contribution is -2.52. The van der Waals surface area contributed by atoms with Crippen molar-refractivity contribution in [2.75, 3.05) is 26.0 Å². The Morgan fingerprint density at radius 1 is 1.32 bits per heavy atom. The number of nitrogens with one attached hydrogen (secondary N) is 3. The summed E-state index contributed by atoms with van der Waals surface area (Å²) >= 11 is 10.1. The Bertz CT molecular complexity index is 867. The number of amides is 2. The highest BCUT2D eigenvalue weighted by molar-refractivity contribution is 7.80. The van der Waals surface area contributed by atoms with Crippen LogP contribution < -0.4 is 16.0 Å². The van der Waals surface area contributed by atoms with E-state index in [4.69, 9.17) is 25.8 Å². The van der Waals surface area contributed by atoms with Crippen LogP contribution in [-0.2, 0) is 23.8 Å². The van der Waals surface area contributed by atoms with Crippen LogP contribution in [0.1, 0.15) is 60.3 Å². The molecule has 11 heteroatoms. The van der Waals surface area contributed by atoms with Gasteiger partial charge in [0.25, 0.3) is 0 Å². The second-order valence-electron chi connectivity index (χ2n) is 10.3. The molecule has 0 unspecified atom stereocenters. The van der Waals surface area contributed by atoms with Gasteiger partial charge in [-0.2, -0.15) is 12.6 Å². The third-order valence-electron chi connectivity index (χ3n) is 5.90. The summed E-state index contributed by atoms with van der Waals surface area (Å²) in [7, 11) is 1.44. The van der Waals surface area contributed by atoms with Crippen LogP contribution in [0.2, 0.25) is 0 Å². The standard InChI is InChI=1S/C27H44ClN3O6S/c1-18(21-12-13-22(35-6)25(33)37-21)17-31-23(27(3,4)5)24(32)29-14-7-9-20(11-10-19(2)28)36-26(34)30-15-8-16-38/h7,10,13-14,18,20-21,23,31,38H,8-9,11-12,15-17H2,1-6H3,(H,29,32)(H,30,34)/b14-7-,19-10+/t18-,20+,21-,23+/m0/s1. The van der Waals surface area contributed by atoms with Gasteiger partial charge < -0.3 is 30.2 Å². The number of carbonyl (C=O) groups is 3. The van der Waals surface area contributed by atoms with Crippen LogP contribution in [0, 0.1) is 11.3 Å². The number of cyclic esters (lactones) is 1. The summed E-state index contributed by atoms with van der Waals surface area (Å²) in [5, 5.41) is 9.47. The molecule has 4 atom stereocenters. The van der Waals surface area contributed by atoms with Crippen molar-refractivity contribution < 1.29 is 28.6 Å². The average molecular weight is 574 g/mol. The number of ether oxygens (including phenoxy) is 3. The largest absolute Gasteiger partial charge is 0.490 e. The minimum absolute atomic E-state index is 0.0166. The maximum absolute atomic E-state index is 13.0. The lowest BCUT2D eigenvalue weighted by atomic mass is 9.85. The topological polar surface area (TPSA) is 115 Å². The van der Waals surface area contributed by atoms with Crippen LogP contribution in [0.15, 0.2) is 35.2 Å². The number of halogens is 1. The summed E-state index contributed by atoms with van der Waals surface area (Å²) in [6.07, 6.45) is 7.76. The van der Waals surface area contributed by atoms with E-state index in [1.807, 2.05) is 27.7 Å². The molecule has 3 N–H and O–H groups in total. The average Bonchev–Trinajstić information content (AvgIpc) is 2.84. The van der Waals surface area contributed by atoms with E-state index in [1.54, 1.807) is 31.4 Å². The van der Waals surface area contributed by atoms with E-state index in [2.05, 4.69) is 28.6 Å². The molecule has 0 spiro atoms. The molecule has 0 radical (unpaired) electrons. The summed E-state index contributed by atoms with van der Waals surface area (Å²) in [4.78, 5) is 37.1. The molecule has 2 amide bonds. The van der Waals surface area contributed by atoms with Gasteiger partial charge in [0.05, 0.1) is 13.2 Å². The van der Waals surface area contributed by atoms with Crippen LogP contribution in [0.3, 0.4) is 0 Å². The van der Waals surface area contributed by atoms with Gasteiger partial charge in [-0.05, 0) is 36.8 Å². The van der Waals surface area contributed by atoms with Gasteiger partial charge in [-0.25, -0.2) is 9.59 Å². The fourth-order valence-electron chi connectivity index (χ4n) is 3.69. The number of rotatable bonds is 15. The van der Waals surface area contributed by atoms with E-state index >= 15 is 0 Å². The second kappa shape index (κ2) is 17.4. The number of esters is 1. The van der Waals surface area contributed by atoms with Crippen molar-refractivity contribution in [3.05, 3.63) is 35.2 Å². The summed E-state index contributed by atoms with van der Waals surface area (Å²) < 4.78 is 16.0. The molecule has 0 saturated heterocycles. The molecular weight excluding hydrogens is 530 g/mol. The molecule has 0 bridgehead atoms. The molecule has 0 aromatic rings. The van der Waals surface area contributed by atoms with Gasteiger partial charge in [0, 0.05) is 43.3 Å². The number of carbonyl (C=O) groups excluding carboxylic acids is 3. The van der Waals surface area contributed by atoms with Crippen LogP contribution in [0.25, 0.3) is 0 Å². The van der Waals surface area contributed by atoms with Crippen LogP contribution in [-0.4, -0.2) is 62.2 Å². The van der Waals surface area contributed by atoms with Crippen LogP contribution in [0.4, 0.5) is 4.79 Å². The van der Waals surface area contributed by atoms with Crippen molar-refractivity contribution in [1.29, 1.82) is 0 Å². The minimum Gasteiger partial charge on any atom is -0.490 e. The van der Waals surface area contributed by atoms with Gasteiger partial charge in [-0.3, -0.25) is 4.79 Å². The van der Waals surface area contributed by atoms with Crippen molar-refractivity contribution in [2.45, 2.75) is 78.6 Å². The van der Waals surface area contributed by atoms with Gasteiger partial charge in [0.15, 0.2) is 5.76 Å². The second-order valence-corrected chi connectivity index (χ2v) is 11.4. The Morgan fingerprint density at radius 3 is 2.61 bits per heavy atom. The van der Waals surface area contributed by atoms with E-state index in [-0.39, 0.29) is 29.1 Å². The normalized spacial score (nSPS) is 18.7. The molecule has 1 heterocycles. The lowest BCUT2D eigenvalue weighted by Gasteiger charge is -2.33. The monoisotopic (exact) mass is 573 g/mol. The first-order chi connectivity index (χ1) is 17.9. The predicted octanol–water partition coefficient (Wildman–Crippen LogP) is 4.44. The van der Waals surface area contributed by atoms with Gasteiger partial charge >= 0.3 is 12.1 Å². The number of hydrogen-bond donors (Lipinski definition) is 4. The van der Waals surface area contributed by atoms with Gasteiger partial charge in [0.1, 0.15) is 12.2 Å². The summed E-state index contributed by atoms with van der Waals surface area (Å²) in [5.41, 5.74) is -0.372. The first-order valence-electron chi connectivity index (χ1n) is 12.9. The van der Waals surface area contributed by atoms with Crippen LogP contribution >= 0.6 is 24.2 Å². The third-order valence-corrected chi connectivity index (χ3v) is 6.37. The fourth-order valence-corrected chi connectivity index (χ4v) is 3.93. The highest BCUT2D eigenvalue weighted by Crippen LogP contribution is 2.23. The first kappa shape index (κ1) is 33.9. The van der Waals surface area contributed by atoms with E-state index in [9.17, 15) is 14.4 Å². The summed E-state index contributed by atoms with van der Waals surface area (Å²) in [5.74, 6) is 0.207. The molecule has 1 rings (SSSR count). The third kappa shape index (κ3) is 13.1. The molecule has 0 aliphatic carbocycles. The van der Waals surface area contributed by atoms with E-state index < -0.39 is 24.2 Å². The molecule has 1 aliphatic rings. The number of thiol groups is 1. The molecule has 0 fully saturated rings. The fraction of sp³-hybridized carbons (Fsp3) is 0.667. The number of methoxy groups -OCH3 is 1. The van der Waals surface area contributed by atoms with E-state index in [1.165, 1.54) is 7.11 Å². The quantitative estimate of drug-likeness (QED) is 0.130. The van der Waals surface area contributed by atoms with Gasteiger partial charge in [-0.15, -0.1) is 0 Å². The Hall–Kier alpha value is -2.17. The Labute approximate surface area is 237 Å². The Kier molecular flexibility index (Phi) is 15.5. The summed E-state index contributed by atoms with van der Waals surface area (Å²) in [6.45, 7) is 10.6. The Balaban J connectivity index is 2.68. The SMILES string of the molecule is COC1=CC[C@@H]([C@@H](C)CN[C@H](C(=O)N/C=C\C[C@H](C/C=C(\C)Cl)OC(=O)NCCCS)C(C)(C)C)OC1=O. The minimum atomic E-state index is -0.501. The van der Waals surface area contributed by atoms with Crippen LogP contribution in [0.5, 0.6) is 0 Å². The van der Waals surface area contributed by atoms with Crippen molar-refractivity contribution in [3.8, 4) is 0 Å². The molecule has 9 nitrogen and oxygen atoms in total. The molecular formula is C27H44ClN3O6S. The van der Waals surface area contributed by atoms with E-state index in [0.717, 1.165) is 6.42 Å². The first-order valence-corrected chi connectivity index (χ1v) is 13.9. The zero-order chi connectivity index (χ0) is 28.7. The molecule has 0 saturated carbocycles. The Morgan fingerprint density at radius 2 is 2.03 bits per heavy atom. The van der Waals surface area contributed by atoms with Gasteiger partial charge in [-0.1, -0.05) is 51.4 Å². The summed E-state index contributed by atoms with van der Waals surface area (Å²) in [6, 6.07) is -0.495. The predicted molar refractivity (Wildman–Crippen MR) is 153 cm³/mol. The highest BCUT2D eigenvalue weighted by atomic mass is 35.5. The van der Waals surface area contributed by atoms with Crippen molar-refractivity contribution in [1.82, 2.24) is 16.0 Å². The number of alkyl carbamates (subject to hydrolysis) is 1. The zero-order valence-corrected chi connectivity index (χ0v) is 25.0. The zero-order valence-electron chi connectivity index (χ0n) is 23.3. The lowest BCUT2D eigenvalue weighted by molar-refractivity contribution is -0.152. The van der Waals surface area contributed by atoms with Crippen molar-refractivity contribution in [2.24, 2.45) is 11.3 Å². The van der Waals surface area contributed by atoms with E-state index in [0.29, 0.717) is 43.1 Å². The molecule has 216 valence electrons. The maximum atomic E-state index is 13.0. The maximum Gasteiger partial charge on any atom is 0.407 e. The van der Waals surface area contributed by atoms with Crippen molar-refractivity contribution >= 4 is 42.2 Å². The molecule has 1 aliphatic heterocycles. The number of allylic oxidation sites excluding steroid dienone is 1. The number of hydrogen-bond acceptors (Lipinski definition) is 8. The smallest absolute Gasteiger partial charge is 0.407 e. The van der Waals surface area contributed by atoms with Crippen molar-refractivity contribution in [3.63, 3.8) is 0 Å². The molecule has 0 aromatic carbocycles. The van der Waals surface area contributed by atoms with Gasteiger partial charge in [0.2, 0.25) is 5.91 Å². The molecule has 38 heavy (non-hydrogen) atoms. The highest BCUT2D eigenvalue weighted by Gasteiger charge is 2.33.